The van der Waals surface area contributed by atoms with Crippen LogP contribution in [0.5, 0.6) is 0 Å². The van der Waals surface area contributed by atoms with E-state index in [1.54, 1.807) is 0 Å². The van der Waals surface area contributed by atoms with Gasteiger partial charge in [0, 0.05) is 13.1 Å². The largest absolute Gasteiger partial charge is 0.481 e. The van der Waals surface area contributed by atoms with E-state index in [2.05, 4.69) is 47.4 Å². The van der Waals surface area contributed by atoms with E-state index in [0.29, 0.717) is 13.0 Å². The van der Waals surface area contributed by atoms with E-state index >= 15 is 0 Å². The van der Waals surface area contributed by atoms with Crippen LogP contribution < -0.4 is 0 Å². The molecule has 1 heterocycles. The molecular formula is C18H21NO2. The van der Waals surface area contributed by atoms with Gasteiger partial charge in [-0.1, -0.05) is 49.4 Å². The smallest absolute Gasteiger partial charge is 0.310 e. The average molecular weight is 283 g/mol. The molecule has 0 radical (unpaired) electrons. The molecule has 0 saturated carbocycles. The summed E-state index contributed by atoms with van der Waals surface area (Å²) in [5.74, 6) is -0.648. The first-order valence-corrected chi connectivity index (χ1v) is 7.57. The van der Waals surface area contributed by atoms with Gasteiger partial charge in [0.05, 0.1) is 5.41 Å². The molecular weight excluding hydrogens is 262 g/mol. The van der Waals surface area contributed by atoms with E-state index in [0.717, 1.165) is 19.5 Å². The van der Waals surface area contributed by atoms with Crippen molar-refractivity contribution in [2.45, 2.75) is 26.3 Å². The maximum absolute atomic E-state index is 11.5. The molecule has 2 aromatic carbocycles. The van der Waals surface area contributed by atoms with Crippen LogP contribution in [0.25, 0.3) is 10.8 Å². The third-order valence-electron chi connectivity index (χ3n) is 4.84. The predicted octanol–water partition coefficient (Wildman–Crippen LogP) is 3.53. The molecule has 3 rings (SSSR count). The number of carbonyl (C=O) groups is 1. The predicted molar refractivity (Wildman–Crippen MR) is 84.2 cm³/mol. The number of rotatable bonds is 4. The Morgan fingerprint density at radius 3 is 2.71 bits per heavy atom. The SMILES string of the molecule is CCC1(C(=O)O)CCN(Cc2cccc3ccccc23)C1. The summed E-state index contributed by atoms with van der Waals surface area (Å²) in [4.78, 5) is 13.8. The first-order chi connectivity index (χ1) is 10.1. The molecule has 0 bridgehead atoms. The number of hydrogen-bond acceptors (Lipinski definition) is 2. The summed E-state index contributed by atoms with van der Waals surface area (Å²) < 4.78 is 0. The standard InChI is InChI=1S/C18H21NO2/c1-2-18(17(20)21)10-11-19(13-18)12-15-8-5-7-14-6-3-4-9-16(14)15/h3-9H,2,10-13H2,1H3,(H,20,21). The first kappa shape index (κ1) is 14.1. The zero-order chi connectivity index (χ0) is 14.9. The van der Waals surface area contributed by atoms with Gasteiger partial charge in [-0.3, -0.25) is 9.69 Å². The molecule has 1 aliphatic rings. The summed E-state index contributed by atoms with van der Waals surface area (Å²) in [6.45, 7) is 4.33. The van der Waals surface area contributed by atoms with Gasteiger partial charge in [0.15, 0.2) is 0 Å². The van der Waals surface area contributed by atoms with Crippen LogP contribution in [0.4, 0.5) is 0 Å². The molecule has 0 aliphatic carbocycles. The second kappa shape index (κ2) is 5.49. The van der Waals surface area contributed by atoms with Crippen LogP contribution in [0.2, 0.25) is 0 Å². The van der Waals surface area contributed by atoms with Crippen LogP contribution in [0.15, 0.2) is 42.5 Å². The quantitative estimate of drug-likeness (QED) is 0.933. The molecule has 21 heavy (non-hydrogen) atoms. The zero-order valence-corrected chi connectivity index (χ0v) is 12.4. The highest BCUT2D eigenvalue weighted by atomic mass is 16.4. The highest BCUT2D eigenvalue weighted by molar-refractivity contribution is 5.85. The van der Waals surface area contributed by atoms with Gasteiger partial charge >= 0.3 is 5.97 Å². The van der Waals surface area contributed by atoms with Crippen LogP contribution in [-0.2, 0) is 11.3 Å². The lowest BCUT2D eigenvalue weighted by molar-refractivity contribution is -0.148. The van der Waals surface area contributed by atoms with E-state index in [9.17, 15) is 9.90 Å². The Kier molecular flexibility index (Phi) is 3.68. The highest BCUT2D eigenvalue weighted by Gasteiger charge is 2.43. The number of nitrogens with zero attached hydrogens (tertiary/aromatic N) is 1. The van der Waals surface area contributed by atoms with E-state index < -0.39 is 11.4 Å². The van der Waals surface area contributed by atoms with Crippen LogP contribution >= 0.6 is 0 Å². The minimum Gasteiger partial charge on any atom is -0.481 e. The van der Waals surface area contributed by atoms with Crippen molar-refractivity contribution in [2.75, 3.05) is 13.1 Å². The summed E-state index contributed by atoms with van der Waals surface area (Å²) in [5.41, 5.74) is 0.732. The molecule has 110 valence electrons. The molecule has 1 fully saturated rings. The van der Waals surface area contributed by atoms with Gasteiger partial charge in [-0.05, 0) is 35.7 Å². The number of carboxylic acid groups (broad SMARTS) is 1. The molecule has 0 amide bonds. The number of aliphatic carboxylic acids is 1. The lowest BCUT2D eigenvalue weighted by atomic mass is 9.84. The molecule has 0 aromatic heterocycles. The highest BCUT2D eigenvalue weighted by Crippen LogP contribution is 2.35. The fraction of sp³-hybridized carbons (Fsp3) is 0.389. The molecule has 2 aromatic rings. The van der Waals surface area contributed by atoms with Gasteiger partial charge in [0.25, 0.3) is 0 Å². The second-order valence-electron chi connectivity index (χ2n) is 6.04. The second-order valence-corrected chi connectivity index (χ2v) is 6.04. The minimum absolute atomic E-state index is 0.551. The van der Waals surface area contributed by atoms with Gasteiger partial charge in [-0.2, -0.15) is 0 Å². The van der Waals surface area contributed by atoms with Gasteiger partial charge in [0.2, 0.25) is 0 Å². The third kappa shape index (κ3) is 2.54. The monoisotopic (exact) mass is 283 g/mol. The van der Waals surface area contributed by atoms with Crippen molar-refractivity contribution in [3.63, 3.8) is 0 Å². The van der Waals surface area contributed by atoms with Crippen molar-refractivity contribution in [3.05, 3.63) is 48.0 Å². The van der Waals surface area contributed by atoms with Crippen molar-refractivity contribution in [1.82, 2.24) is 4.90 Å². The Hall–Kier alpha value is -1.87. The van der Waals surface area contributed by atoms with Crippen molar-refractivity contribution in [3.8, 4) is 0 Å². The number of likely N-dealkylation sites (tertiary alicyclic amines) is 1. The van der Waals surface area contributed by atoms with Gasteiger partial charge in [0.1, 0.15) is 0 Å². The lowest BCUT2D eigenvalue weighted by Crippen LogP contribution is -2.33. The molecule has 1 unspecified atom stereocenters. The van der Waals surface area contributed by atoms with E-state index in [-0.39, 0.29) is 0 Å². The van der Waals surface area contributed by atoms with Crippen molar-refractivity contribution in [1.29, 1.82) is 0 Å². The molecule has 3 nitrogen and oxygen atoms in total. The number of fused-ring (bicyclic) bond motifs is 1. The lowest BCUT2D eigenvalue weighted by Gasteiger charge is -2.23. The van der Waals surface area contributed by atoms with Crippen molar-refractivity contribution in [2.24, 2.45) is 5.41 Å². The summed E-state index contributed by atoms with van der Waals surface area (Å²) in [7, 11) is 0. The Balaban J connectivity index is 1.83. The Morgan fingerprint density at radius 2 is 2.00 bits per heavy atom. The van der Waals surface area contributed by atoms with E-state index in [4.69, 9.17) is 0 Å². The van der Waals surface area contributed by atoms with Crippen LogP contribution in [0.1, 0.15) is 25.3 Å². The van der Waals surface area contributed by atoms with Crippen molar-refractivity contribution < 1.29 is 9.90 Å². The summed E-state index contributed by atoms with van der Waals surface area (Å²) in [5, 5.41) is 12.0. The van der Waals surface area contributed by atoms with E-state index in [1.807, 2.05) is 6.92 Å². The summed E-state index contributed by atoms with van der Waals surface area (Å²) >= 11 is 0. The van der Waals surface area contributed by atoms with Crippen LogP contribution in [-0.4, -0.2) is 29.1 Å². The van der Waals surface area contributed by atoms with E-state index in [1.165, 1.54) is 16.3 Å². The fourth-order valence-electron chi connectivity index (χ4n) is 3.38. The molecule has 3 heteroatoms. The number of benzene rings is 2. The van der Waals surface area contributed by atoms with Crippen LogP contribution in [0.3, 0.4) is 0 Å². The Bertz CT molecular complexity index is 662. The Morgan fingerprint density at radius 1 is 1.24 bits per heavy atom. The van der Waals surface area contributed by atoms with Gasteiger partial charge in [-0.15, -0.1) is 0 Å². The molecule has 1 N–H and O–H groups in total. The first-order valence-electron chi connectivity index (χ1n) is 7.57. The molecule has 1 aliphatic heterocycles. The van der Waals surface area contributed by atoms with Gasteiger partial charge in [-0.25, -0.2) is 0 Å². The topological polar surface area (TPSA) is 40.5 Å². The normalized spacial score (nSPS) is 22.7. The Labute approximate surface area is 125 Å². The zero-order valence-electron chi connectivity index (χ0n) is 12.4. The summed E-state index contributed by atoms with van der Waals surface area (Å²) in [6.07, 6.45) is 1.46. The maximum Gasteiger partial charge on any atom is 0.310 e. The number of carboxylic acids is 1. The summed E-state index contributed by atoms with van der Waals surface area (Å²) in [6, 6.07) is 14.7. The van der Waals surface area contributed by atoms with Gasteiger partial charge < -0.3 is 5.11 Å². The average Bonchev–Trinajstić information content (AvgIpc) is 2.92. The number of hydrogen-bond donors (Lipinski definition) is 1. The molecule has 1 saturated heterocycles. The molecule has 1 atom stereocenters. The van der Waals surface area contributed by atoms with Crippen LogP contribution in [0, 0.1) is 5.41 Å². The maximum atomic E-state index is 11.5. The molecule has 0 spiro atoms. The third-order valence-corrected chi connectivity index (χ3v) is 4.84. The fourth-order valence-corrected chi connectivity index (χ4v) is 3.38. The minimum atomic E-state index is -0.648. The van der Waals surface area contributed by atoms with Crippen molar-refractivity contribution >= 4 is 16.7 Å².